The standard InChI is InChI=1S/C28H32O4Si/c1-18-13-21-22-14-19(2)25(32-33(6,7)28(3,4)5)16-26(22)31-27(29)23(21)15-24(18)30-17-20-11-9-8-10-12-20/h8-16H,17H2,1-7H3. The van der Waals surface area contributed by atoms with Crippen LogP contribution in [0.5, 0.6) is 11.5 Å². The highest BCUT2D eigenvalue weighted by Gasteiger charge is 2.39. The Balaban J connectivity index is 1.77. The van der Waals surface area contributed by atoms with Crippen molar-refractivity contribution in [2.24, 2.45) is 0 Å². The van der Waals surface area contributed by atoms with Crippen molar-refractivity contribution in [2.45, 2.75) is 59.4 Å². The quantitative estimate of drug-likeness (QED) is 0.175. The van der Waals surface area contributed by atoms with Crippen LogP contribution in [0.4, 0.5) is 0 Å². The lowest BCUT2D eigenvalue weighted by Gasteiger charge is -2.36. The molecule has 1 heterocycles. The first-order valence-electron chi connectivity index (χ1n) is 11.3. The molecule has 0 radical (unpaired) electrons. The van der Waals surface area contributed by atoms with E-state index in [1.165, 1.54) is 0 Å². The van der Waals surface area contributed by atoms with Crippen molar-refractivity contribution in [3.63, 3.8) is 0 Å². The maximum atomic E-state index is 12.9. The van der Waals surface area contributed by atoms with Gasteiger partial charge in [0.1, 0.15) is 23.7 Å². The molecule has 0 amide bonds. The predicted octanol–water partition coefficient (Wildman–Crippen LogP) is 7.53. The lowest BCUT2D eigenvalue weighted by Crippen LogP contribution is -2.44. The molecule has 4 rings (SSSR count). The van der Waals surface area contributed by atoms with Crippen LogP contribution in [0.2, 0.25) is 18.1 Å². The molecule has 0 spiro atoms. The third-order valence-corrected chi connectivity index (χ3v) is 11.1. The molecule has 0 aliphatic rings. The molecule has 0 unspecified atom stereocenters. The topological polar surface area (TPSA) is 48.7 Å². The minimum Gasteiger partial charge on any atom is -0.543 e. The Bertz CT molecular complexity index is 1380. The highest BCUT2D eigenvalue weighted by molar-refractivity contribution is 6.74. The summed E-state index contributed by atoms with van der Waals surface area (Å²) >= 11 is 0. The largest absolute Gasteiger partial charge is 0.543 e. The van der Waals surface area contributed by atoms with Crippen LogP contribution >= 0.6 is 0 Å². The van der Waals surface area contributed by atoms with Crippen molar-refractivity contribution < 1.29 is 13.6 Å². The van der Waals surface area contributed by atoms with Gasteiger partial charge in [0.25, 0.3) is 0 Å². The molecule has 0 atom stereocenters. The van der Waals surface area contributed by atoms with Crippen LogP contribution in [0.25, 0.3) is 21.7 Å². The average Bonchev–Trinajstić information content (AvgIpc) is 2.74. The molecule has 4 aromatic rings. The molecule has 0 aliphatic heterocycles. The Morgan fingerprint density at radius 3 is 2.15 bits per heavy atom. The third kappa shape index (κ3) is 4.55. The van der Waals surface area contributed by atoms with E-state index >= 15 is 0 Å². The zero-order chi connectivity index (χ0) is 24.0. The van der Waals surface area contributed by atoms with Gasteiger partial charge in [-0.1, -0.05) is 51.1 Å². The molecule has 0 saturated carbocycles. The Morgan fingerprint density at radius 1 is 0.848 bits per heavy atom. The first-order chi connectivity index (χ1) is 15.5. The number of rotatable bonds is 5. The fourth-order valence-corrected chi connectivity index (χ4v) is 4.70. The van der Waals surface area contributed by atoms with Gasteiger partial charge in [-0.3, -0.25) is 0 Å². The van der Waals surface area contributed by atoms with E-state index in [9.17, 15) is 4.79 Å². The zero-order valence-electron chi connectivity index (χ0n) is 20.5. The van der Waals surface area contributed by atoms with E-state index in [-0.39, 0.29) is 10.7 Å². The van der Waals surface area contributed by atoms with E-state index in [1.807, 2.05) is 56.3 Å². The summed E-state index contributed by atoms with van der Waals surface area (Å²) in [6, 6.07) is 17.7. The molecule has 1 aromatic heterocycles. The van der Waals surface area contributed by atoms with Crippen LogP contribution in [-0.2, 0) is 6.61 Å². The Hall–Kier alpha value is -3.05. The van der Waals surface area contributed by atoms with Crippen LogP contribution in [0.15, 0.2) is 63.8 Å². The SMILES string of the molecule is Cc1cc2c(cc1OCc1ccccc1)c(=O)oc1cc(O[Si](C)(C)C(C)(C)C)c(C)cc12. The predicted molar refractivity (Wildman–Crippen MR) is 138 cm³/mol. The van der Waals surface area contributed by atoms with E-state index in [1.54, 1.807) is 6.07 Å². The summed E-state index contributed by atoms with van der Waals surface area (Å²) < 4.78 is 18.3. The van der Waals surface area contributed by atoms with Gasteiger partial charge in [0, 0.05) is 16.8 Å². The lowest BCUT2D eigenvalue weighted by atomic mass is 10.0. The van der Waals surface area contributed by atoms with Crippen molar-refractivity contribution in [1.82, 2.24) is 0 Å². The van der Waals surface area contributed by atoms with Crippen LogP contribution in [0.3, 0.4) is 0 Å². The normalized spacial score (nSPS) is 12.3. The summed E-state index contributed by atoms with van der Waals surface area (Å²) in [4.78, 5) is 12.9. The molecule has 5 heteroatoms. The minimum atomic E-state index is -2.02. The van der Waals surface area contributed by atoms with E-state index < -0.39 is 8.32 Å². The summed E-state index contributed by atoms with van der Waals surface area (Å²) in [6.07, 6.45) is 0. The smallest absolute Gasteiger partial charge is 0.344 e. The van der Waals surface area contributed by atoms with Crippen molar-refractivity contribution >= 4 is 30.1 Å². The van der Waals surface area contributed by atoms with Gasteiger partial charge in [-0.15, -0.1) is 0 Å². The highest BCUT2D eigenvalue weighted by Crippen LogP contribution is 2.40. The molecule has 0 N–H and O–H groups in total. The number of hydrogen-bond donors (Lipinski definition) is 0. The van der Waals surface area contributed by atoms with Gasteiger partial charge in [0.15, 0.2) is 0 Å². The Labute approximate surface area is 196 Å². The van der Waals surface area contributed by atoms with Crippen LogP contribution in [0.1, 0.15) is 37.5 Å². The van der Waals surface area contributed by atoms with Gasteiger partial charge in [0.2, 0.25) is 8.32 Å². The zero-order valence-corrected chi connectivity index (χ0v) is 21.5. The van der Waals surface area contributed by atoms with Crippen molar-refractivity contribution in [1.29, 1.82) is 0 Å². The Kier molecular flexibility index (Phi) is 5.87. The molecule has 0 bridgehead atoms. The second-order valence-electron chi connectivity index (χ2n) is 10.3. The van der Waals surface area contributed by atoms with Gasteiger partial charge >= 0.3 is 5.63 Å². The van der Waals surface area contributed by atoms with Gasteiger partial charge in [-0.2, -0.15) is 0 Å². The summed E-state index contributed by atoms with van der Waals surface area (Å²) in [5, 5.41) is 2.37. The third-order valence-electron chi connectivity index (χ3n) is 6.71. The fourth-order valence-electron chi connectivity index (χ4n) is 3.63. The van der Waals surface area contributed by atoms with Gasteiger partial charge < -0.3 is 13.6 Å². The summed E-state index contributed by atoms with van der Waals surface area (Å²) in [7, 11) is -2.02. The molecule has 0 saturated heterocycles. The van der Waals surface area contributed by atoms with E-state index in [4.69, 9.17) is 13.6 Å². The van der Waals surface area contributed by atoms with Gasteiger partial charge in [0.05, 0.1) is 5.39 Å². The molecule has 33 heavy (non-hydrogen) atoms. The highest BCUT2D eigenvalue weighted by atomic mass is 28.4. The number of benzene rings is 3. The van der Waals surface area contributed by atoms with Gasteiger partial charge in [-0.25, -0.2) is 4.79 Å². The van der Waals surface area contributed by atoms with Gasteiger partial charge in [-0.05, 0) is 66.9 Å². The monoisotopic (exact) mass is 460 g/mol. The van der Waals surface area contributed by atoms with E-state index in [0.717, 1.165) is 33.2 Å². The minimum absolute atomic E-state index is 0.0753. The second-order valence-corrected chi connectivity index (χ2v) is 15.0. The summed E-state index contributed by atoms with van der Waals surface area (Å²) in [5.41, 5.74) is 3.26. The molecule has 4 nitrogen and oxygen atoms in total. The fraction of sp³-hybridized carbons (Fsp3) is 0.321. The number of hydrogen-bond acceptors (Lipinski definition) is 4. The van der Waals surface area contributed by atoms with Crippen molar-refractivity contribution in [2.75, 3.05) is 0 Å². The first kappa shape index (κ1) is 23.1. The van der Waals surface area contributed by atoms with Crippen molar-refractivity contribution in [3.05, 3.63) is 81.7 Å². The Morgan fingerprint density at radius 2 is 1.48 bits per heavy atom. The summed E-state index contributed by atoms with van der Waals surface area (Å²) in [5.74, 6) is 1.48. The molecule has 0 aliphatic carbocycles. The molecule has 172 valence electrons. The molecular weight excluding hydrogens is 428 g/mol. The maximum Gasteiger partial charge on any atom is 0.344 e. The van der Waals surface area contributed by atoms with Crippen LogP contribution in [-0.4, -0.2) is 8.32 Å². The van der Waals surface area contributed by atoms with E-state index in [0.29, 0.717) is 23.3 Å². The van der Waals surface area contributed by atoms with Crippen molar-refractivity contribution in [3.8, 4) is 11.5 Å². The molecule has 3 aromatic carbocycles. The van der Waals surface area contributed by atoms with Crippen LogP contribution in [0, 0.1) is 13.8 Å². The molecular formula is C28H32O4Si. The van der Waals surface area contributed by atoms with Crippen LogP contribution < -0.4 is 14.8 Å². The van der Waals surface area contributed by atoms with E-state index in [2.05, 4.69) is 39.9 Å². The first-order valence-corrected chi connectivity index (χ1v) is 14.2. The average molecular weight is 461 g/mol. The number of fused-ring (bicyclic) bond motifs is 3. The lowest BCUT2D eigenvalue weighted by molar-refractivity contribution is 0.304. The second kappa shape index (κ2) is 8.38. The number of aryl methyl sites for hydroxylation is 2. The molecule has 0 fully saturated rings. The number of ether oxygens (including phenoxy) is 1. The summed E-state index contributed by atoms with van der Waals surface area (Å²) in [6.45, 7) is 15.6. The maximum absolute atomic E-state index is 12.9.